The van der Waals surface area contributed by atoms with Crippen molar-refractivity contribution in [3.8, 4) is 5.75 Å². The second-order valence-corrected chi connectivity index (χ2v) is 4.53. The third-order valence-corrected chi connectivity index (χ3v) is 2.90. The molecule has 1 rings (SSSR count). The Balaban J connectivity index is 2.68. The van der Waals surface area contributed by atoms with Crippen molar-refractivity contribution < 1.29 is 9.84 Å². The van der Waals surface area contributed by atoms with Crippen LogP contribution in [0.4, 0.5) is 0 Å². The number of hydrogen-bond donors (Lipinski definition) is 1. The molecule has 2 nitrogen and oxygen atoms in total. The fourth-order valence-electron chi connectivity index (χ4n) is 1.44. The van der Waals surface area contributed by atoms with Gasteiger partial charge in [0.2, 0.25) is 0 Å². The van der Waals surface area contributed by atoms with Crippen molar-refractivity contribution in [3.63, 3.8) is 0 Å². The molecule has 0 aliphatic rings. The third-order valence-electron chi connectivity index (χ3n) is 2.90. The predicted octanol–water partition coefficient (Wildman–Crippen LogP) is 3.47. The largest absolute Gasteiger partial charge is 0.493 e. The molecule has 2 heteroatoms. The van der Waals surface area contributed by atoms with Crippen molar-refractivity contribution in [3.05, 3.63) is 29.3 Å². The van der Waals surface area contributed by atoms with E-state index in [1.54, 1.807) is 6.92 Å². The molecular weight excluding hydrogens is 200 g/mol. The highest BCUT2D eigenvalue weighted by atomic mass is 16.5. The van der Waals surface area contributed by atoms with Gasteiger partial charge >= 0.3 is 0 Å². The number of rotatable bonds is 5. The van der Waals surface area contributed by atoms with Gasteiger partial charge in [-0.25, -0.2) is 0 Å². The summed E-state index contributed by atoms with van der Waals surface area (Å²) < 4.78 is 5.74. The Hall–Kier alpha value is -1.02. The summed E-state index contributed by atoms with van der Waals surface area (Å²) in [7, 11) is 0. The molecule has 2 atom stereocenters. The molecule has 1 N–H and O–H groups in total. The maximum atomic E-state index is 9.45. The molecule has 0 aliphatic carbocycles. The summed E-state index contributed by atoms with van der Waals surface area (Å²) in [6, 6.07) is 5.85. The summed E-state index contributed by atoms with van der Waals surface area (Å²) >= 11 is 0. The average molecular weight is 222 g/mol. The second-order valence-electron chi connectivity index (χ2n) is 4.53. The first kappa shape index (κ1) is 13.0. The normalized spacial score (nSPS) is 14.6. The van der Waals surface area contributed by atoms with Crippen molar-refractivity contribution in [1.29, 1.82) is 0 Å². The van der Waals surface area contributed by atoms with E-state index in [0.29, 0.717) is 5.92 Å². The number of aliphatic hydroxyl groups is 1. The van der Waals surface area contributed by atoms with Crippen LogP contribution in [0.15, 0.2) is 18.2 Å². The van der Waals surface area contributed by atoms with Crippen molar-refractivity contribution in [2.45, 2.75) is 40.2 Å². The summed E-state index contributed by atoms with van der Waals surface area (Å²) in [5.74, 6) is 1.50. The molecule has 16 heavy (non-hydrogen) atoms. The molecule has 1 aromatic rings. The predicted molar refractivity (Wildman–Crippen MR) is 66.8 cm³/mol. The van der Waals surface area contributed by atoms with Crippen molar-refractivity contribution in [2.24, 2.45) is 5.92 Å². The molecule has 0 heterocycles. The van der Waals surface area contributed by atoms with Crippen LogP contribution in [-0.4, -0.2) is 11.7 Å². The van der Waals surface area contributed by atoms with Crippen LogP contribution < -0.4 is 4.74 Å². The van der Waals surface area contributed by atoms with Gasteiger partial charge in [0.15, 0.2) is 0 Å². The lowest BCUT2D eigenvalue weighted by Crippen LogP contribution is -2.08. The maximum Gasteiger partial charge on any atom is 0.122 e. The standard InChI is InChI=1S/C14H22O2/c1-5-10(2)9-16-14-7-6-13(12(4)15)8-11(14)3/h6-8,10,12,15H,5,9H2,1-4H3/t10?,12-/m0/s1. The zero-order valence-electron chi connectivity index (χ0n) is 10.7. The highest BCUT2D eigenvalue weighted by molar-refractivity contribution is 5.36. The first-order valence-electron chi connectivity index (χ1n) is 5.96. The lowest BCUT2D eigenvalue weighted by molar-refractivity contribution is 0.199. The summed E-state index contributed by atoms with van der Waals surface area (Å²) in [5, 5.41) is 9.45. The van der Waals surface area contributed by atoms with Gasteiger partial charge in [0.1, 0.15) is 5.75 Å². The summed E-state index contributed by atoms with van der Waals surface area (Å²) in [6.45, 7) is 8.88. The van der Waals surface area contributed by atoms with Gasteiger partial charge in [0, 0.05) is 0 Å². The Kier molecular flexibility index (Phi) is 4.81. The topological polar surface area (TPSA) is 29.5 Å². The number of aliphatic hydroxyl groups excluding tert-OH is 1. The van der Waals surface area contributed by atoms with Gasteiger partial charge in [-0.3, -0.25) is 0 Å². The molecule has 0 amide bonds. The Morgan fingerprint density at radius 2 is 2.00 bits per heavy atom. The van der Waals surface area contributed by atoms with Crippen LogP contribution in [0.5, 0.6) is 5.75 Å². The Labute approximate surface area is 98.3 Å². The van der Waals surface area contributed by atoms with Gasteiger partial charge in [0.05, 0.1) is 12.7 Å². The van der Waals surface area contributed by atoms with E-state index in [-0.39, 0.29) is 0 Å². The zero-order valence-corrected chi connectivity index (χ0v) is 10.7. The van der Waals surface area contributed by atoms with E-state index >= 15 is 0 Å². The SMILES string of the molecule is CCC(C)COc1ccc([C@H](C)O)cc1C. The lowest BCUT2D eigenvalue weighted by atomic mass is 10.1. The molecule has 0 aliphatic heterocycles. The van der Waals surface area contributed by atoms with E-state index in [1.165, 1.54) is 0 Å². The summed E-state index contributed by atoms with van der Waals surface area (Å²) in [5.41, 5.74) is 2.02. The van der Waals surface area contributed by atoms with Crippen molar-refractivity contribution in [1.82, 2.24) is 0 Å². The lowest BCUT2D eigenvalue weighted by Gasteiger charge is -2.14. The first-order chi connectivity index (χ1) is 7.54. The van der Waals surface area contributed by atoms with Crippen molar-refractivity contribution in [2.75, 3.05) is 6.61 Å². The molecule has 0 fully saturated rings. The van der Waals surface area contributed by atoms with E-state index < -0.39 is 6.10 Å². The summed E-state index contributed by atoms with van der Waals surface area (Å²) in [4.78, 5) is 0. The molecule has 0 saturated carbocycles. The minimum atomic E-state index is -0.415. The van der Waals surface area contributed by atoms with E-state index in [0.717, 1.165) is 29.9 Å². The molecule has 0 bridgehead atoms. The molecular formula is C14H22O2. The molecule has 0 saturated heterocycles. The minimum Gasteiger partial charge on any atom is -0.493 e. The highest BCUT2D eigenvalue weighted by Gasteiger charge is 2.06. The van der Waals surface area contributed by atoms with Crippen LogP contribution in [0.25, 0.3) is 0 Å². The fourth-order valence-corrected chi connectivity index (χ4v) is 1.44. The number of ether oxygens (including phenoxy) is 1. The van der Waals surface area contributed by atoms with E-state index in [2.05, 4.69) is 13.8 Å². The van der Waals surface area contributed by atoms with Crippen LogP contribution in [-0.2, 0) is 0 Å². The highest BCUT2D eigenvalue weighted by Crippen LogP contribution is 2.23. The van der Waals surface area contributed by atoms with Gasteiger partial charge in [-0.2, -0.15) is 0 Å². The smallest absolute Gasteiger partial charge is 0.122 e. The number of hydrogen-bond acceptors (Lipinski definition) is 2. The quantitative estimate of drug-likeness (QED) is 0.826. The number of aryl methyl sites for hydroxylation is 1. The van der Waals surface area contributed by atoms with Crippen LogP contribution in [0.3, 0.4) is 0 Å². The molecule has 90 valence electrons. The zero-order chi connectivity index (χ0) is 12.1. The van der Waals surface area contributed by atoms with E-state index in [4.69, 9.17) is 4.74 Å². The van der Waals surface area contributed by atoms with Crippen LogP contribution >= 0.6 is 0 Å². The number of benzene rings is 1. The van der Waals surface area contributed by atoms with Gasteiger partial charge in [-0.15, -0.1) is 0 Å². The Bertz CT molecular complexity index is 332. The molecule has 1 unspecified atom stereocenters. The maximum absolute atomic E-state index is 9.45. The minimum absolute atomic E-state index is 0.415. The van der Waals surface area contributed by atoms with E-state index in [1.807, 2.05) is 25.1 Å². The van der Waals surface area contributed by atoms with Crippen LogP contribution in [0.2, 0.25) is 0 Å². The van der Waals surface area contributed by atoms with E-state index in [9.17, 15) is 5.11 Å². The Morgan fingerprint density at radius 1 is 1.31 bits per heavy atom. The summed E-state index contributed by atoms with van der Waals surface area (Å²) in [6.07, 6.45) is 0.715. The fraction of sp³-hybridized carbons (Fsp3) is 0.571. The first-order valence-corrected chi connectivity index (χ1v) is 5.96. The third kappa shape index (κ3) is 3.53. The van der Waals surface area contributed by atoms with Gasteiger partial charge in [-0.1, -0.05) is 26.3 Å². The molecule has 1 aromatic carbocycles. The van der Waals surface area contributed by atoms with Crippen LogP contribution in [0, 0.1) is 12.8 Å². The molecule has 0 radical (unpaired) electrons. The Morgan fingerprint density at radius 3 is 2.50 bits per heavy atom. The van der Waals surface area contributed by atoms with Gasteiger partial charge < -0.3 is 9.84 Å². The second kappa shape index (κ2) is 5.90. The van der Waals surface area contributed by atoms with Crippen LogP contribution in [0.1, 0.15) is 44.4 Å². The van der Waals surface area contributed by atoms with Gasteiger partial charge in [-0.05, 0) is 43.0 Å². The molecule has 0 spiro atoms. The molecule has 0 aromatic heterocycles. The monoisotopic (exact) mass is 222 g/mol. The average Bonchev–Trinajstić information content (AvgIpc) is 2.26. The van der Waals surface area contributed by atoms with Gasteiger partial charge in [0.25, 0.3) is 0 Å². The van der Waals surface area contributed by atoms with Crippen molar-refractivity contribution >= 4 is 0 Å².